The fourth-order valence-corrected chi connectivity index (χ4v) is 2.09. The lowest BCUT2D eigenvalue weighted by Crippen LogP contribution is -2.20. The molecule has 0 saturated heterocycles. The Labute approximate surface area is 109 Å². The van der Waals surface area contributed by atoms with E-state index in [9.17, 15) is 0 Å². The van der Waals surface area contributed by atoms with Crippen molar-refractivity contribution in [3.05, 3.63) is 0 Å². The Morgan fingerprint density at radius 1 is 0.882 bits per heavy atom. The van der Waals surface area contributed by atoms with Gasteiger partial charge in [0.25, 0.3) is 0 Å². The van der Waals surface area contributed by atoms with Crippen molar-refractivity contribution in [1.82, 2.24) is 10.6 Å². The molecule has 0 amide bonds. The van der Waals surface area contributed by atoms with Crippen LogP contribution in [0.5, 0.6) is 0 Å². The van der Waals surface area contributed by atoms with Crippen molar-refractivity contribution >= 4 is 0 Å². The van der Waals surface area contributed by atoms with Crippen molar-refractivity contribution in [2.45, 2.75) is 59.3 Å². The topological polar surface area (TPSA) is 24.1 Å². The minimum Gasteiger partial charge on any atom is -0.320 e. The fourth-order valence-electron chi connectivity index (χ4n) is 2.09. The maximum Gasteiger partial charge on any atom is -0.00464 e. The molecule has 0 aromatic rings. The number of hydrogen-bond acceptors (Lipinski definition) is 2. The van der Waals surface area contributed by atoms with E-state index in [-0.39, 0.29) is 0 Å². The third-order valence-electron chi connectivity index (χ3n) is 3.86. The van der Waals surface area contributed by atoms with Gasteiger partial charge in [-0.05, 0) is 64.2 Å². The minimum absolute atomic E-state index is 0.876. The summed E-state index contributed by atoms with van der Waals surface area (Å²) in [6.07, 6.45) is 8.02. The maximum absolute atomic E-state index is 3.57. The van der Waals surface area contributed by atoms with Crippen molar-refractivity contribution in [2.24, 2.45) is 11.8 Å². The molecule has 0 fully saturated rings. The minimum atomic E-state index is 0.876. The molecule has 104 valence electrons. The van der Waals surface area contributed by atoms with Gasteiger partial charge < -0.3 is 10.6 Å². The predicted molar refractivity (Wildman–Crippen MR) is 78.5 cm³/mol. The van der Waals surface area contributed by atoms with Gasteiger partial charge in [0.05, 0.1) is 0 Å². The molecule has 2 atom stereocenters. The molecular weight excluding hydrogens is 208 g/mol. The monoisotopic (exact) mass is 242 g/mol. The molecular formula is C15H34N2. The molecule has 0 rings (SSSR count). The van der Waals surface area contributed by atoms with Gasteiger partial charge in [-0.1, -0.05) is 33.6 Å². The molecule has 0 aliphatic carbocycles. The zero-order chi connectivity index (χ0) is 12.9. The molecule has 0 heterocycles. The van der Waals surface area contributed by atoms with Crippen LogP contribution in [0, 0.1) is 11.8 Å². The Morgan fingerprint density at radius 2 is 1.65 bits per heavy atom. The first-order valence-electron chi connectivity index (χ1n) is 7.59. The van der Waals surface area contributed by atoms with Crippen LogP contribution in [0.25, 0.3) is 0 Å². The smallest absolute Gasteiger partial charge is 0.00464 e. The number of nitrogens with one attached hydrogen (secondary N) is 2. The van der Waals surface area contributed by atoms with Gasteiger partial charge in [0.2, 0.25) is 0 Å². The Balaban J connectivity index is 3.30. The highest BCUT2D eigenvalue weighted by atomic mass is 14.8. The van der Waals surface area contributed by atoms with Gasteiger partial charge in [-0.2, -0.15) is 0 Å². The Bertz CT molecular complexity index is 148. The van der Waals surface area contributed by atoms with Gasteiger partial charge >= 0.3 is 0 Å². The van der Waals surface area contributed by atoms with Crippen LogP contribution in [0.3, 0.4) is 0 Å². The zero-order valence-corrected chi connectivity index (χ0v) is 12.5. The zero-order valence-electron chi connectivity index (χ0n) is 12.5. The van der Waals surface area contributed by atoms with E-state index in [0.717, 1.165) is 11.8 Å². The second kappa shape index (κ2) is 12.4. The van der Waals surface area contributed by atoms with E-state index in [0.29, 0.717) is 0 Å². The van der Waals surface area contributed by atoms with E-state index in [4.69, 9.17) is 0 Å². The van der Waals surface area contributed by atoms with Gasteiger partial charge in [-0.3, -0.25) is 0 Å². The highest BCUT2D eigenvalue weighted by Gasteiger charge is 2.05. The Kier molecular flexibility index (Phi) is 12.3. The molecule has 0 radical (unpaired) electrons. The van der Waals surface area contributed by atoms with E-state index in [1.165, 1.54) is 58.2 Å². The molecule has 0 aliphatic heterocycles. The second-order valence-electron chi connectivity index (χ2n) is 5.36. The molecule has 0 aliphatic rings. The molecule has 2 heteroatoms. The van der Waals surface area contributed by atoms with Crippen molar-refractivity contribution in [1.29, 1.82) is 0 Å². The summed E-state index contributed by atoms with van der Waals surface area (Å²) in [5.74, 6) is 1.79. The van der Waals surface area contributed by atoms with Gasteiger partial charge in [0.15, 0.2) is 0 Å². The average Bonchev–Trinajstić information content (AvgIpc) is 2.36. The first kappa shape index (κ1) is 16.9. The largest absolute Gasteiger partial charge is 0.320 e. The molecule has 2 N–H and O–H groups in total. The molecule has 0 aromatic carbocycles. The molecule has 0 saturated carbocycles. The summed E-state index contributed by atoms with van der Waals surface area (Å²) in [5.41, 5.74) is 0. The van der Waals surface area contributed by atoms with Gasteiger partial charge in [0, 0.05) is 0 Å². The van der Waals surface area contributed by atoms with Crippen LogP contribution >= 0.6 is 0 Å². The first-order chi connectivity index (χ1) is 8.24. The lowest BCUT2D eigenvalue weighted by Gasteiger charge is -2.15. The molecule has 17 heavy (non-hydrogen) atoms. The van der Waals surface area contributed by atoms with Crippen molar-refractivity contribution in [2.75, 3.05) is 26.7 Å². The maximum atomic E-state index is 3.57. The van der Waals surface area contributed by atoms with Gasteiger partial charge in [-0.25, -0.2) is 0 Å². The van der Waals surface area contributed by atoms with E-state index in [1.54, 1.807) is 0 Å². The molecule has 2 nitrogen and oxygen atoms in total. The standard InChI is InChI=1S/C15H34N2/c1-5-14(3)9-13-17-11-7-8-15(6-2)10-12-16-4/h14-17H,5-13H2,1-4H3. The third-order valence-corrected chi connectivity index (χ3v) is 3.86. The summed E-state index contributed by atoms with van der Waals surface area (Å²) in [6.45, 7) is 10.5. The van der Waals surface area contributed by atoms with E-state index < -0.39 is 0 Å². The summed E-state index contributed by atoms with van der Waals surface area (Å²) in [5, 5.41) is 6.82. The van der Waals surface area contributed by atoms with Crippen LogP contribution in [0.4, 0.5) is 0 Å². The Morgan fingerprint density at radius 3 is 2.24 bits per heavy atom. The number of rotatable bonds is 12. The Hall–Kier alpha value is -0.0800. The van der Waals surface area contributed by atoms with Crippen LogP contribution in [0.15, 0.2) is 0 Å². The lowest BCUT2D eigenvalue weighted by molar-refractivity contribution is 0.407. The van der Waals surface area contributed by atoms with Gasteiger partial charge in [-0.15, -0.1) is 0 Å². The SMILES string of the molecule is CCC(C)CCNCCCC(CC)CCNC. The molecule has 2 unspecified atom stereocenters. The van der Waals surface area contributed by atoms with Crippen molar-refractivity contribution in [3.63, 3.8) is 0 Å². The predicted octanol–water partition coefficient (Wildman–Crippen LogP) is 3.43. The van der Waals surface area contributed by atoms with Crippen LogP contribution in [0.1, 0.15) is 59.3 Å². The normalized spacial score (nSPS) is 14.8. The summed E-state index contributed by atoms with van der Waals surface area (Å²) in [7, 11) is 2.04. The third kappa shape index (κ3) is 10.8. The average molecular weight is 242 g/mol. The van der Waals surface area contributed by atoms with Crippen molar-refractivity contribution in [3.8, 4) is 0 Å². The van der Waals surface area contributed by atoms with Crippen LogP contribution in [0.2, 0.25) is 0 Å². The van der Waals surface area contributed by atoms with Gasteiger partial charge in [0.1, 0.15) is 0 Å². The van der Waals surface area contributed by atoms with Crippen LogP contribution in [-0.2, 0) is 0 Å². The fraction of sp³-hybridized carbons (Fsp3) is 1.00. The quantitative estimate of drug-likeness (QED) is 0.512. The second-order valence-corrected chi connectivity index (χ2v) is 5.36. The van der Waals surface area contributed by atoms with Crippen LogP contribution < -0.4 is 10.6 Å². The summed E-state index contributed by atoms with van der Waals surface area (Å²) in [4.78, 5) is 0. The van der Waals surface area contributed by atoms with E-state index in [2.05, 4.69) is 31.4 Å². The molecule has 0 bridgehead atoms. The molecule has 0 spiro atoms. The highest BCUT2D eigenvalue weighted by molar-refractivity contribution is 4.61. The van der Waals surface area contributed by atoms with E-state index >= 15 is 0 Å². The number of hydrogen-bond donors (Lipinski definition) is 2. The molecule has 0 aromatic heterocycles. The summed E-state index contributed by atoms with van der Waals surface area (Å²) >= 11 is 0. The van der Waals surface area contributed by atoms with E-state index in [1.807, 2.05) is 7.05 Å². The van der Waals surface area contributed by atoms with Crippen molar-refractivity contribution < 1.29 is 0 Å². The van der Waals surface area contributed by atoms with Crippen LogP contribution in [-0.4, -0.2) is 26.7 Å². The highest BCUT2D eigenvalue weighted by Crippen LogP contribution is 2.14. The summed E-state index contributed by atoms with van der Waals surface area (Å²) in [6, 6.07) is 0. The summed E-state index contributed by atoms with van der Waals surface area (Å²) < 4.78 is 0. The lowest BCUT2D eigenvalue weighted by atomic mass is 9.96. The first-order valence-corrected chi connectivity index (χ1v) is 7.59.